The predicted octanol–water partition coefficient (Wildman–Crippen LogP) is 2.18. The lowest BCUT2D eigenvalue weighted by Gasteiger charge is -2.15. The molecule has 0 heterocycles. The Morgan fingerprint density at radius 2 is 1.70 bits per heavy atom. The molecule has 0 bridgehead atoms. The normalized spacial score (nSPS) is 11.8. The van der Waals surface area contributed by atoms with E-state index in [4.69, 9.17) is 9.47 Å². The second-order valence-corrected chi connectivity index (χ2v) is 6.16. The predicted molar refractivity (Wildman–Crippen MR) is 78.5 cm³/mol. The minimum atomic E-state index is -3.46. The maximum absolute atomic E-state index is 12.2. The van der Waals surface area contributed by atoms with Crippen LogP contribution in [0.1, 0.15) is 26.7 Å². The molecule has 0 aliphatic heterocycles. The van der Waals surface area contributed by atoms with Crippen LogP contribution in [0.4, 0.5) is 0 Å². The van der Waals surface area contributed by atoms with Gasteiger partial charge in [0, 0.05) is 13.2 Å². The van der Waals surface area contributed by atoms with Gasteiger partial charge in [0.1, 0.15) is 12.4 Å². The van der Waals surface area contributed by atoms with Gasteiger partial charge in [-0.15, -0.1) is 0 Å². The summed E-state index contributed by atoms with van der Waals surface area (Å²) in [6.45, 7) is 4.86. The average molecular weight is 301 g/mol. The van der Waals surface area contributed by atoms with Crippen LogP contribution in [-0.2, 0) is 14.8 Å². The summed E-state index contributed by atoms with van der Waals surface area (Å²) in [5.41, 5.74) is 0. The lowest BCUT2D eigenvalue weighted by atomic mass is 10.2. The molecule has 0 spiro atoms. The van der Waals surface area contributed by atoms with Crippen LogP contribution in [0.15, 0.2) is 29.2 Å². The highest BCUT2D eigenvalue weighted by molar-refractivity contribution is 7.89. The fraction of sp³-hybridized carbons (Fsp3) is 0.571. The summed E-state index contributed by atoms with van der Waals surface area (Å²) < 4.78 is 37.3. The molecule has 1 aromatic rings. The van der Waals surface area contributed by atoms with Crippen molar-refractivity contribution in [2.75, 3.05) is 20.3 Å². The van der Waals surface area contributed by atoms with Gasteiger partial charge in [0.05, 0.1) is 11.5 Å². The highest BCUT2D eigenvalue weighted by Gasteiger charge is 2.17. The molecule has 1 aromatic carbocycles. The SMILES string of the molecule is CCC(CC)NS(=O)(=O)c1ccc(OCCOC)cc1. The third-order valence-corrected chi connectivity index (χ3v) is 4.53. The van der Waals surface area contributed by atoms with Gasteiger partial charge in [-0.25, -0.2) is 13.1 Å². The largest absolute Gasteiger partial charge is 0.491 e. The Kier molecular flexibility index (Phi) is 6.98. The zero-order valence-corrected chi connectivity index (χ0v) is 13.1. The van der Waals surface area contributed by atoms with Gasteiger partial charge >= 0.3 is 0 Å². The van der Waals surface area contributed by atoms with Crippen molar-refractivity contribution in [3.05, 3.63) is 24.3 Å². The van der Waals surface area contributed by atoms with Gasteiger partial charge in [0.25, 0.3) is 0 Å². The Bertz CT molecular complexity index is 480. The van der Waals surface area contributed by atoms with Gasteiger partial charge in [-0.2, -0.15) is 0 Å². The first kappa shape index (κ1) is 16.9. The van der Waals surface area contributed by atoms with E-state index >= 15 is 0 Å². The Balaban J connectivity index is 2.71. The summed E-state index contributed by atoms with van der Waals surface area (Å²) in [5.74, 6) is 0.628. The molecule has 5 nitrogen and oxygen atoms in total. The first-order valence-electron chi connectivity index (χ1n) is 6.77. The Morgan fingerprint density at radius 3 is 2.20 bits per heavy atom. The molecule has 0 atom stereocenters. The zero-order chi connectivity index (χ0) is 15.0. The van der Waals surface area contributed by atoms with E-state index in [0.717, 1.165) is 12.8 Å². The van der Waals surface area contributed by atoms with E-state index in [1.807, 2.05) is 13.8 Å². The minimum absolute atomic E-state index is 0.0300. The molecule has 0 saturated carbocycles. The molecule has 0 amide bonds. The van der Waals surface area contributed by atoms with Crippen LogP contribution < -0.4 is 9.46 Å². The van der Waals surface area contributed by atoms with Crippen LogP contribution in [-0.4, -0.2) is 34.8 Å². The van der Waals surface area contributed by atoms with E-state index in [0.29, 0.717) is 19.0 Å². The van der Waals surface area contributed by atoms with E-state index in [-0.39, 0.29) is 10.9 Å². The van der Waals surface area contributed by atoms with Crippen LogP contribution in [0.25, 0.3) is 0 Å². The van der Waals surface area contributed by atoms with Crippen molar-refractivity contribution in [3.63, 3.8) is 0 Å². The van der Waals surface area contributed by atoms with Gasteiger partial charge in [-0.1, -0.05) is 13.8 Å². The molecule has 0 saturated heterocycles. The van der Waals surface area contributed by atoms with Gasteiger partial charge < -0.3 is 9.47 Å². The molecule has 0 aromatic heterocycles. The fourth-order valence-corrected chi connectivity index (χ4v) is 3.10. The standard InChI is InChI=1S/C14H23NO4S/c1-4-12(5-2)15-20(16,17)14-8-6-13(7-9-14)19-11-10-18-3/h6-9,12,15H,4-5,10-11H2,1-3H3. The van der Waals surface area contributed by atoms with Crippen molar-refractivity contribution >= 4 is 10.0 Å². The summed E-state index contributed by atoms with van der Waals surface area (Å²) in [7, 11) is -1.86. The quantitative estimate of drug-likeness (QED) is 0.710. The molecule has 0 unspecified atom stereocenters. The second-order valence-electron chi connectivity index (χ2n) is 4.45. The highest BCUT2D eigenvalue weighted by Crippen LogP contribution is 2.16. The summed E-state index contributed by atoms with van der Waals surface area (Å²) in [4.78, 5) is 0.253. The molecule has 0 aliphatic rings. The third-order valence-electron chi connectivity index (χ3n) is 3.00. The van der Waals surface area contributed by atoms with Crippen molar-refractivity contribution in [2.24, 2.45) is 0 Å². The van der Waals surface area contributed by atoms with E-state index in [2.05, 4.69) is 4.72 Å². The van der Waals surface area contributed by atoms with Crippen LogP contribution in [0.5, 0.6) is 5.75 Å². The number of methoxy groups -OCH3 is 1. The Hall–Kier alpha value is -1.11. The Labute approximate surface area is 121 Å². The van der Waals surface area contributed by atoms with Crippen molar-refractivity contribution in [2.45, 2.75) is 37.6 Å². The number of sulfonamides is 1. The van der Waals surface area contributed by atoms with Crippen molar-refractivity contribution in [1.29, 1.82) is 0 Å². The molecular weight excluding hydrogens is 278 g/mol. The molecule has 1 rings (SSSR count). The monoisotopic (exact) mass is 301 g/mol. The van der Waals surface area contributed by atoms with Gasteiger partial charge in [-0.05, 0) is 37.1 Å². The molecule has 0 fully saturated rings. The number of nitrogens with one attached hydrogen (secondary N) is 1. The van der Waals surface area contributed by atoms with Crippen LogP contribution in [0.2, 0.25) is 0 Å². The maximum Gasteiger partial charge on any atom is 0.240 e. The second kappa shape index (κ2) is 8.24. The van der Waals surface area contributed by atoms with Crippen molar-refractivity contribution in [3.8, 4) is 5.75 Å². The number of rotatable bonds is 9. The average Bonchev–Trinajstić information content (AvgIpc) is 2.45. The van der Waals surface area contributed by atoms with E-state index in [1.165, 1.54) is 0 Å². The van der Waals surface area contributed by atoms with Gasteiger partial charge in [0.2, 0.25) is 10.0 Å². The third kappa shape index (κ3) is 5.11. The summed E-state index contributed by atoms with van der Waals surface area (Å²) in [6, 6.07) is 6.37. The van der Waals surface area contributed by atoms with Gasteiger partial charge in [-0.3, -0.25) is 0 Å². The lowest BCUT2D eigenvalue weighted by Crippen LogP contribution is -2.33. The minimum Gasteiger partial charge on any atom is -0.491 e. The zero-order valence-electron chi connectivity index (χ0n) is 12.3. The number of hydrogen-bond acceptors (Lipinski definition) is 4. The molecular formula is C14H23NO4S. The van der Waals surface area contributed by atoms with Crippen LogP contribution >= 0.6 is 0 Å². The summed E-state index contributed by atoms with van der Waals surface area (Å²) in [5, 5.41) is 0. The molecule has 6 heteroatoms. The topological polar surface area (TPSA) is 64.6 Å². The fourth-order valence-electron chi connectivity index (χ4n) is 1.70. The van der Waals surface area contributed by atoms with E-state index in [9.17, 15) is 8.42 Å². The maximum atomic E-state index is 12.2. The molecule has 0 aliphatic carbocycles. The molecule has 114 valence electrons. The number of ether oxygens (including phenoxy) is 2. The highest BCUT2D eigenvalue weighted by atomic mass is 32.2. The van der Waals surface area contributed by atoms with Crippen LogP contribution in [0.3, 0.4) is 0 Å². The smallest absolute Gasteiger partial charge is 0.240 e. The van der Waals surface area contributed by atoms with Crippen molar-refractivity contribution in [1.82, 2.24) is 4.72 Å². The van der Waals surface area contributed by atoms with Crippen LogP contribution in [0, 0.1) is 0 Å². The molecule has 20 heavy (non-hydrogen) atoms. The first-order chi connectivity index (χ1) is 9.53. The van der Waals surface area contributed by atoms with E-state index < -0.39 is 10.0 Å². The summed E-state index contributed by atoms with van der Waals surface area (Å²) in [6.07, 6.45) is 1.54. The number of benzene rings is 1. The molecule has 0 radical (unpaired) electrons. The van der Waals surface area contributed by atoms with Gasteiger partial charge in [0.15, 0.2) is 0 Å². The Morgan fingerprint density at radius 1 is 1.10 bits per heavy atom. The summed E-state index contributed by atoms with van der Waals surface area (Å²) >= 11 is 0. The first-order valence-corrected chi connectivity index (χ1v) is 8.26. The molecule has 1 N–H and O–H groups in total. The number of hydrogen-bond donors (Lipinski definition) is 1. The van der Waals surface area contributed by atoms with E-state index in [1.54, 1.807) is 31.4 Å². The lowest BCUT2D eigenvalue weighted by molar-refractivity contribution is 0.146. The van der Waals surface area contributed by atoms with Crippen molar-refractivity contribution < 1.29 is 17.9 Å².